The normalized spacial score (nSPS) is 12.2. The van der Waals surface area contributed by atoms with Gasteiger partial charge in [0, 0.05) is 16.6 Å². The van der Waals surface area contributed by atoms with E-state index in [4.69, 9.17) is 0 Å². The van der Waals surface area contributed by atoms with E-state index in [9.17, 15) is 0 Å². The Hall–Kier alpha value is 0.180. The van der Waals surface area contributed by atoms with Gasteiger partial charge in [-0.15, -0.1) is 0 Å². The van der Waals surface area contributed by atoms with Gasteiger partial charge in [-0.3, -0.25) is 4.90 Å². The molecule has 0 spiro atoms. The number of halogens is 1. The van der Waals surface area contributed by atoms with E-state index in [1.54, 1.807) is 0 Å². The quantitative estimate of drug-likeness (QED) is 0.706. The van der Waals surface area contributed by atoms with E-state index in [0.29, 0.717) is 0 Å². The zero-order valence-electron chi connectivity index (χ0n) is 7.95. The van der Waals surface area contributed by atoms with Crippen molar-refractivity contribution in [3.8, 4) is 0 Å². The lowest BCUT2D eigenvalue weighted by molar-refractivity contribution is 0.162. The molecule has 11 heavy (non-hydrogen) atoms. The van der Waals surface area contributed by atoms with Crippen molar-refractivity contribution in [1.29, 1.82) is 0 Å². The van der Waals surface area contributed by atoms with Gasteiger partial charge in [0.15, 0.2) is 0 Å². The molecule has 0 aromatic rings. The molecule has 0 aliphatic heterocycles. The van der Waals surface area contributed by atoms with E-state index in [2.05, 4.69) is 55.1 Å². The molecule has 0 rings (SSSR count). The van der Waals surface area contributed by atoms with Gasteiger partial charge in [0.25, 0.3) is 0 Å². The van der Waals surface area contributed by atoms with Crippen LogP contribution in [0.25, 0.3) is 0 Å². The van der Waals surface area contributed by atoms with Crippen molar-refractivity contribution in [2.75, 3.05) is 13.1 Å². The Balaban J connectivity index is 4.07. The van der Waals surface area contributed by atoms with Crippen LogP contribution < -0.4 is 0 Å². The average molecular weight is 220 g/mol. The predicted molar refractivity (Wildman–Crippen MR) is 55.1 cm³/mol. The lowest BCUT2D eigenvalue weighted by Crippen LogP contribution is -2.41. The number of nitrogens with zero attached hydrogens (tertiary/aromatic N) is 1. The van der Waals surface area contributed by atoms with Gasteiger partial charge in [-0.05, 0) is 27.3 Å². The third-order valence-electron chi connectivity index (χ3n) is 1.69. The molecule has 0 saturated heterocycles. The van der Waals surface area contributed by atoms with Gasteiger partial charge in [0.05, 0.1) is 0 Å². The Morgan fingerprint density at radius 1 is 1.45 bits per heavy atom. The van der Waals surface area contributed by atoms with E-state index in [1.165, 1.54) is 0 Å². The topological polar surface area (TPSA) is 3.24 Å². The molecule has 0 atom stereocenters. The fraction of sp³-hybridized carbons (Fsp3) is 0.778. The third kappa shape index (κ3) is 4.59. The molecule has 0 radical (unpaired) electrons. The second-order valence-corrected chi connectivity index (χ2v) is 4.82. The summed E-state index contributed by atoms with van der Waals surface area (Å²) in [4.78, 5) is 2.37. The molecule has 0 bridgehead atoms. The second-order valence-electron chi connectivity index (χ2n) is 3.70. The minimum Gasteiger partial charge on any atom is -0.294 e. The van der Waals surface area contributed by atoms with Crippen LogP contribution in [-0.4, -0.2) is 23.5 Å². The molecule has 0 aliphatic carbocycles. The zero-order chi connectivity index (χ0) is 9.07. The van der Waals surface area contributed by atoms with Crippen LogP contribution in [0.4, 0.5) is 0 Å². The summed E-state index contributed by atoms with van der Waals surface area (Å²) in [6.07, 6.45) is 0. The van der Waals surface area contributed by atoms with Crippen LogP contribution in [0.1, 0.15) is 27.7 Å². The number of rotatable bonds is 3. The standard InChI is InChI=1S/C9H18BrN/c1-6-11(7-8(2)10)9(3,4)5/h2,6-7H2,1,3-5H3. The fourth-order valence-corrected chi connectivity index (χ4v) is 1.33. The first-order valence-electron chi connectivity index (χ1n) is 3.96. The molecule has 1 nitrogen and oxygen atoms in total. The van der Waals surface area contributed by atoms with Gasteiger partial charge in [-0.25, -0.2) is 0 Å². The minimum atomic E-state index is 0.242. The highest BCUT2D eigenvalue weighted by Gasteiger charge is 2.18. The summed E-state index contributed by atoms with van der Waals surface area (Å²) in [6.45, 7) is 14.6. The van der Waals surface area contributed by atoms with Crippen molar-refractivity contribution in [3.05, 3.63) is 11.1 Å². The Labute approximate surface area is 78.6 Å². The van der Waals surface area contributed by atoms with Gasteiger partial charge in [0.2, 0.25) is 0 Å². The Morgan fingerprint density at radius 3 is 2.00 bits per heavy atom. The molecule has 0 aliphatic rings. The summed E-state index contributed by atoms with van der Waals surface area (Å²) in [6, 6.07) is 0. The monoisotopic (exact) mass is 219 g/mol. The fourth-order valence-electron chi connectivity index (χ4n) is 1.03. The summed E-state index contributed by atoms with van der Waals surface area (Å²) in [5.41, 5.74) is 0.242. The first-order valence-corrected chi connectivity index (χ1v) is 4.75. The SMILES string of the molecule is C=C(Br)CN(CC)C(C)(C)C. The highest BCUT2D eigenvalue weighted by molar-refractivity contribution is 9.11. The lowest BCUT2D eigenvalue weighted by Gasteiger charge is -2.34. The van der Waals surface area contributed by atoms with Crippen LogP contribution in [0.3, 0.4) is 0 Å². The maximum atomic E-state index is 3.83. The van der Waals surface area contributed by atoms with Gasteiger partial charge >= 0.3 is 0 Å². The van der Waals surface area contributed by atoms with Crippen LogP contribution in [0.15, 0.2) is 11.1 Å². The van der Waals surface area contributed by atoms with Crippen molar-refractivity contribution in [3.63, 3.8) is 0 Å². The molecular weight excluding hydrogens is 202 g/mol. The summed E-state index contributed by atoms with van der Waals surface area (Å²) in [5, 5.41) is 0. The zero-order valence-corrected chi connectivity index (χ0v) is 9.53. The van der Waals surface area contributed by atoms with E-state index >= 15 is 0 Å². The first-order chi connectivity index (χ1) is 4.88. The Morgan fingerprint density at radius 2 is 1.91 bits per heavy atom. The van der Waals surface area contributed by atoms with Crippen molar-refractivity contribution >= 4 is 15.9 Å². The van der Waals surface area contributed by atoms with Crippen LogP contribution in [0.2, 0.25) is 0 Å². The van der Waals surface area contributed by atoms with Crippen LogP contribution in [0.5, 0.6) is 0 Å². The molecule has 0 N–H and O–H groups in total. The number of likely N-dealkylation sites (N-methyl/N-ethyl adjacent to an activating group) is 1. The van der Waals surface area contributed by atoms with Crippen LogP contribution in [-0.2, 0) is 0 Å². The summed E-state index contributed by atoms with van der Waals surface area (Å²) in [7, 11) is 0. The van der Waals surface area contributed by atoms with Gasteiger partial charge < -0.3 is 0 Å². The van der Waals surface area contributed by atoms with Crippen molar-refractivity contribution in [2.45, 2.75) is 33.2 Å². The van der Waals surface area contributed by atoms with Gasteiger partial charge in [0.1, 0.15) is 0 Å². The average Bonchev–Trinajstić information content (AvgIpc) is 1.79. The third-order valence-corrected chi connectivity index (χ3v) is 1.94. The molecule has 0 saturated carbocycles. The molecule has 0 aromatic carbocycles. The molecule has 2 heteroatoms. The van der Waals surface area contributed by atoms with Gasteiger partial charge in [-0.2, -0.15) is 0 Å². The predicted octanol–water partition coefficient (Wildman–Crippen LogP) is 3.02. The minimum absolute atomic E-state index is 0.242. The summed E-state index contributed by atoms with van der Waals surface area (Å²) < 4.78 is 1.05. The maximum absolute atomic E-state index is 3.83. The summed E-state index contributed by atoms with van der Waals surface area (Å²) in [5.74, 6) is 0. The molecule has 0 aromatic heterocycles. The lowest BCUT2D eigenvalue weighted by atomic mass is 10.1. The number of hydrogen-bond donors (Lipinski definition) is 0. The molecule has 0 unspecified atom stereocenters. The largest absolute Gasteiger partial charge is 0.294 e. The van der Waals surface area contributed by atoms with E-state index in [0.717, 1.165) is 17.6 Å². The van der Waals surface area contributed by atoms with Crippen LogP contribution in [0, 0.1) is 0 Å². The van der Waals surface area contributed by atoms with E-state index in [1.807, 2.05) is 0 Å². The molecular formula is C9H18BrN. The maximum Gasteiger partial charge on any atom is 0.0298 e. The Kier molecular flexibility index (Phi) is 4.34. The molecule has 0 heterocycles. The molecule has 0 amide bonds. The van der Waals surface area contributed by atoms with E-state index in [-0.39, 0.29) is 5.54 Å². The van der Waals surface area contributed by atoms with E-state index < -0.39 is 0 Å². The van der Waals surface area contributed by atoms with Crippen molar-refractivity contribution in [1.82, 2.24) is 4.90 Å². The Bertz CT molecular complexity index is 135. The number of hydrogen-bond acceptors (Lipinski definition) is 1. The second kappa shape index (κ2) is 4.27. The van der Waals surface area contributed by atoms with Crippen molar-refractivity contribution < 1.29 is 0 Å². The molecule has 66 valence electrons. The van der Waals surface area contributed by atoms with Crippen LogP contribution >= 0.6 is 15.9 Å². The van der Waals surface area contributed by atoms with Crippen molar-refractivity contribution in [2.24, 2.45) is 0 Å². The van der Waals surface area contributed by atoms with Gasteiger partial charge in [-0.1, -0.05) is 29.4 Å². The smallest absolute Gasteiger partial charge is 0.0298 e. The molecule has 0 fully saturated rings. The first kappa shape index (κ1) is 11.2. The summed E-state index contributed by atoms with van der Waals surface area (Å²) >= 11 is 3.37. The highest BCUT2D eigenvalue weighted by Crippen LogP contribution is 2.15. The highest BCUT2D eigenvalue weighted by atomic mass is 79.9.